The third kappa shape index (κ3) is 3.70. The Morgan fingerprint density at radius 3 is 2.57 bits per heavy atom. The zero-order chi connectivity index (χ0) is 16.4. The van der Waals surface area contributed by atoms with Gasteiger partial charge in [0.15, 0.2) is 5.79 Å². The smallest absolute Gasteiger partial charge is 0.317 e. The molecule has 0 unspecified atom stereocenters. The summed E-state index contributed by atoms with van der Waals surface area (Å²) in [7, 11) is 0. The molecule has 1 N–H and O–H groups in total. The van der Waals surface area contributed by atoms with Crippen LogP contribution in [0.4, 0.5) is 4.79 Å². The van der Waals surface area contributed by atoms with E-state index in [9.17, 15) is 4.79 Å². The highest BCUT2D eigenvalue weighted by Gasteiger charge is 2.41. The summed E-state index contributed by atoms with van der Waals surface area (Å²) in [6.45, 7) is 9.02. The predicted molar refractivity (Wildman–Crippen MR) is 90.6 cm³/mol. The van der Waals surface area contributed by atoms with Gasteiger partial charge in [-0.25, -0.2) is 4.79 Å². The molecule has 0 radical (unpaired) electrons. The van der Waals surface area contributed by atoms with Gasteiger partial charge >= 0.3 is 6.03 Å². The Bertz CT molecular complexity index is 546. The fourth-order valence-corrected chi connectivity index (χ4v) is 4.29. The molecule has 128 valence electrons. The minimum atomic E-state index is -0.454. The molecule has 1 atom stereocenters. The van der Waals surface area contributed by atoms with E-state index >= 15 is 0 Å². The van der Waals surface area contributed by atoms with E-state index in [1.807, 2.05) is 18.7 Å². The van der Waals surface area contributed by atoms with Crippen molar-refractivity contribution in [3.05, 3.63) is 21.9 Å². The second kappa shape index (κ2) is 6.79. The van der Waals surface area contributed by atoms with Crippen molar-refractivity contribution in [2.75, 3.05) is 26.3 Å². The summed E-state index contributed by atoms with van der Waals surface area (Å²) in [5.74, 6) is -0.0870. The standard InChI is InChI=1S/C17H26N2O3S/c1-12-4-5-15(23-12)13(2)18-16(20)19-8-6-14(7-9-19)17(3)21-10-11-22-17/h4-5,13-14H,6-11H2,1-3H3,(H,18,20)/t13-/m0/s1. The number of hydrogen-bond acceptors (Lipinski definition) is 4. The molecule has 0 spiro atoms. The summed E-state index contributed by atoms with van der Waals surface area (Å²) in [6, 6.07) is 4.27. The van der Waals surface area contributed by atoms with Crippen LogP contribution in [0.25, 0.3) is 0 Å². The molecule has 0 bridgehead atoms. The first-order valence-corrected chi connectivity index (χ1v) is 9.19. The van der Waals surface area contributed by atoms with Crippen molar-refractivity contribution in [2.45, 2.75) is 45.4 Å². The Morgan fingerprint density at radius 1 is 1.35 bits per heavy atom. The largest absolute Gasteiger partial charge is 0.348 e. The Kier molecular flexibility index (Phi) is 4.94. The zero-order valence-electron chi connectivity index (χ0n) is 14.1. The molecule has 2 fully saturated rings. The number of carbonyl (C=O) groups excluding carboxylic acids is 1. The molecular weight excluding hydrogens is 312 g/mol. The fourth-order valence-electron chi connectivity index (χ4n) is 3.41. The van der Waals surface area contributed by atoms with E-state index in [-0.39, 0.29) is 12.1 Å². The van der Waals surface area contributed by atoms with Gasteiger partial charge in [0.25, 0.3) is 0 Å². The number of piperidine rings is 1. The molecule has 0 aliphatic carbocycles. The lowest BCUT2D eigenvalue weighted by Crippen LogP contribution is -2.49. The number of ether oxygens (including phenoxy) is 2. The van der Waals surface area contributed by atoms with Crippen molar-refractivity contribution in [2.24, 2.45) is 5.92 Å². The highest BCUT2D eigenvalue weighted by molar-refractivity contribution is 7.12. The molecule has 3 rings (SSSR count). The molecule has 2 amide bonds. The van der Waals surface area contributed by atoms with Crippen molar-refractivity contribution >= 4 is 17.4 Å². The number of carbonyl (C=O) groups is 1. The molecule has 2 saturated heterocycles. The third-order valence-corrected chi connectivity index (χ3v) is 6.10. The van der Waals surface area contributed by atoms with Crippen molar-refractivity contribution < 1.29 is 14.3 Å². The van der Waals surface area contributed by atoms with Crippen LogP contribution < -0.4 is 5.32 Å². The van der Waals surface area contributed by atoms with E-state index in [4.69, 9.17) is 9.47 Å². The average molecular weight is 338 g/mol. The van der Waals surface area contributed by atoms with E-state index in [0.717, 1.165) is 25.9 Å². The Morgan fingerprint density at radius 2 is 2.00 bits per heavy atom. The lowest BCUT2D eigenvalue weighted by Gasteiger charge is -2.39. The first kappa shape index (κ1) is 16.7. The van der Waals surface area contributed by atoms with Crippen molar-refractivity contribution in [3.8, 4) is 0 Å². The van der Waals surface area contributed by atoms with Crippen LogP contribution >= 0.6 is 11.3 Å². The maximum atomic E-state index is 12.5. The molecule has 3 heterocycles. The highest BCUT2D eigenvalue weighted by atomic mass is 32.1. The summed E-state index contributed by atoms with van der Waals surface area (Å²) in [5, 5.41) is 3.11. The lowest BCUT2D eigenvalue weighted by molar-refractivity contribution is -0.189. The molecular formula is C17H26N2O3S. The topological polar surface area (TPSA) is 50.8 Å². The summed E-state index contributed by atoms with van der Waals surface area (Å²) in [6.07, 6.45) is 1.85. The number of likely N-dealkylation sites (tertiary alicyclic amines) is 1. The van der Waals surface area contributed by atoms with Crippen LogP contribution in [-0.4, -0.2) is 43.0 Å². The van der Waals surface area contributed by atoms with E-state index < -0.39 is 5.79 Å². The lowest BCUT2D eigenvalue weighted by atomic mass is 9.89. The summed E-state index contributed by atoms with van der Waals surface area (Å²) in [4.78, 5) is 16.8. The van der Waals surface area contributed by atoms with Crippen LogP contribution in [0.1, 0.15) is 42.5 Å². The molecule has 23 heavy (non-hydrogen) atoms. The quantitative estimate of drug-likeness (QED) is 0.920. The number of aryl methyl sites for hydroxylation is 1. The molecule has 1 aromatic heterocycles. The van der Waals surface area contributed by atoms with Crippen LogP contribution in [0, 0.1) is 12.8 Å². The molecule has 6 heteroatoms. The van der Waals surface area contributed by atoms with Gasteiger partial charge in [-0.15, -0.1) is 11.3 Å². The van der Waals surface area contributed by atoms with Crippen LogP contribution in [0.3, 0.4) is 0 Å². The second-order valence-corrected chi connectivity index (χ2v) is 7.91. The Hall–Kier alpha value is -1.11. The number of urea groups is 1. The van der Waals surface area contributed by atoms with Gasteiger partial charge in [0.05, 0.1) is 19.3 Å². The summed E-state index contributed by atoms with van der Waals surface area (Å²) in [5.41, 5.74) is 0. The zero-order valence-corrected chi connectivity index (χ0v) is 14.9. The van der Waals surface area contributed by atoms with E-state index in [1.54, 1.807) is 11.3 Å². The third-order valence-electron chi connectivity index (χ3n) is 4.91. The van der Waals surface area contributed by atoms with Gasteiger partial charge < -0.3 is 19.7 Å². The van der Waals surface area contributed by atoms with Crippen LogP contribution in [-0.2, 0) is 9.47 Å². The average Bonchev–Trinajstić information content (AvgIpc) is 3.17. The highest BCUT2D eigenvalue weighted by Crippen LogP contribution is 2.35. The minimum Gasteiger partial charge on any atom is -0.348 e. The predicted octanol–water partition coefficient (Wildman–Crippen LogP) is 3.30. The van der Waals surface area contributed by atoms with E-state index in [0.29, 0.717) is 19.1 Å². The Balaban J connectivity index is 1.50. The number of nitrogens with zero attached hydrogens (tertiary/aromatic N) is 1. The number of nitrogens with one attached hydrogen (secondary N) is 1. The number of rotatable bonds is 3. The fraction of sp³-hybridized carbons (Fsp3) is 0.706. The van der Waals surface area contributed by atoms with Gasteiger partial charge in [-0.3, -0.25) is 0 Å². The van der Waals surface area contributed by atoms with Crippen LogP contribution in [0.15, 0.2) is 12.1 Å². The van der Waals surface area contributed by atoms with Gasteiger partial charge in [-0.1, -0.05) is 0 Å². The first-order valence-electron chi connectivity index (χ1n) is 8.37. The molecule has 1 aromatic rings. The molecule has 0 saturated carbocycles. The second-order valence-electron chi connectivity index (χ2n) is 6.59. The maximum absolute atomic E-state index is 12.5. The van der Waals surface area contributed by atoms with E-state index in [1.165, 1.54) is 9.75 Å². The minimum absolute atomic E-state index is 0.0282. The van der Waals surface area contributed by atoms with Crippen molar-refractivity contribution in [1.29, 1.82) is 0 Å². The maximum Gasteiger partial charge on any atom is 0.317 e. The van der Waals surface area contributed by atoms with Crippen LogP contribution in [0.5, 0.6) is 0 Å². The molecule has 0 aromatic carbocycles. The number of hydrogen-bond donors (Lipinski definition) is 1. The molecule has 5 nitrogen and oxygen atoms in total. The van der Waals surface area contributed by atoms with E-state index in [2.05, 4.69) is 24.4 Å². The normalized spacial score (nSPS) is 23.0. The van der Waals surface area contributed by atoms with Crippen molar-refractivity contribution in [1.82, 2.24) is 10.2 Å². The SMILES string of the molecule is Cc1ccc([C@H](C)NC(=O)N2CCC(C3(C)OCCO3)CC2)s1. The molecule has 2 aliphatic heterocycles. The monoisotopic (exact) mass is 338 g/mol. The summed E-state index contributed by atoms with van der Waals surface area (Å²) < 4.78 is 11.5. The summed E-state index contributed by atoms with van der Waals surface area (Å²) >= 11 is 1.73. The first-order chi connectivity index (χ1) is 11.0. The van der Waals surface area contributed by atoms with Gasteiger partial charge in [0.1, 0.15) is 0 Å². The molecule has 2 aliphatic rings. The van der Waals surface area contributed by atoms with Crippen LogP contribution in [0.2, 0.25) is 0 Å². The van der Waals surface area contributed by atoms with Crippen molar-refractivity contribution in [3.63, 3.8) is 0 Å². The van der Waals surface area contributed by atoms with Gasteiger partial charge in [0.2, 0.25) is 0 Å². The van der Waals surface area contributed by atoms with Gasteiger partial charge in [0, 0.05) is 28.8 Å². The Labute approximate surface area is 142 Å². The van der Waals surface area contributed by atoms with Gasteiger partial charge in [-0.2, -0.15) is 0 Å². The number of amides is 2. The number of thiophene rings is 1. The van der Waals surface area contributed by atoms with Gasteiger partial charge in [-0.05, 0) is 45.7 Å².